The summed E-state index contributed by atoms with van der Waals surface area (Å²) in [5.41, 5.74) is -0.893. The van der Waals surface area contributed by atoms with E-state index in [1.807, 2.05) is 31.4 Å². The van der Waals surface area contributed by atoms with Crippen LogP contribution in [0.3, 0.4) is 0 Å². The molecule has 1 saturated carbocycles. The first kappa shape index (κ1) is 17.7. The first-order chi connectivity index (χ1) is 9.12. The molecule has 1 atom stereocenters. The Morgan fingerprint density at radius 2 is 2.25 bits per heavy atom. The Morgan fingerprint density at radius 3 is 2.80 bits per heavy atom. The number of aliphatic imine (C=N–C) groups is 1. The van der Waals surface area contributed by atoms with E-state index in [2.05, 4.69) is 15.6 Å². The van der Waals surface area contributed by atoms with E-state index in [4.69, 9.17) is 0 Å². The zero-order valence-electron chi connectivity index (χ0n) is 12.1. The highest BCUT2D eigenvalue weighted by Crippen LogP contribution is 2.27. The summed E-state index contributed by atoms with van der Waals surface area (Å²) in [6.45, 7) is 6.04. The molecule has 0 saturated heterocycles. The Morgan fingerprint density at radius 1 is 1.50 bits per heavy atom. The fraction of sp³-hybridized carbons (Fsp3) is 0.643. The van der Waals surface area contributed by atoms with Crippen molar-refractivity contribution in [2.24, 2.45) is 10.9 Å². The second-order valence-electron chi connectivity index (χ2n) is 5.27. The SMILES string of the molecule is CCNC(=NCC(C)(O)c1cccs1)NCC1CC1.I. The summed E-state index contributed by atoms with van der Waals surface area (Å²) in [4.78, 5) is 5.44. The molecule has 1 aliphatic carbocycles. The molecular formula is C14H24IN3OS. The van der Waals surface area contributed by atoms with Crippen LogP contribution in [0.1, 0.15) is 31.6 Å². The molecule has 2 rings (SSSR count). The number of guanidine groups is 1. The monoisotopic (exact) mass is 409 g/mol. The van der Waals surface area contributed by atoms with Crippen LogP contribution in [0.4, 0.5) is 0 Å². The van der Waals surface area contributed by atoms with E-state index in [0.717, 1.165) is 29.8 Å². The fourth-order valence-corrected chi connectivity index (χ4v) is 2.58. The number of hydrogen-bond donors (Lipinski definition) is 3. The maximum absolute atomic E-state index is 10.4. The summed E-state index contributed by atoms with van der Waals surface area (Å²) in [6.07, 6.45) is 2.64. The van der Waals surface area contributed by atoms with Crippen LogP contribution in [0.25, 0.3) is 0 Å². The van der Waals surface area contributed by atoms with Gasteiger partial charge in [0, 0.05) is 18.0 Å². The molecule has 6 heteroatoms. The topological polar surface area (TPSA) is 56.7 Å². The lowest BCUT2D eigenvalue weighted by atomic mass is 10.1. The van der Waals surface area contributed by atoms with E-state index < -0.39 is 5.60 Å². The summed E-state index contributed by atoms with van der Waals surface area (Å²) >= 11 is 1.56. The maximum atomic E-state index is 10.4. The zero-order chi connectivity index (χ0) is 13.7. The van der Waals surface area contributed by atoms with Crippen molar-refractivity contribution in [1.29, 1.82) is 0 Å². The van der Waals surface area contributed by atoms with Gasteiger partial charge >= 0.3 is 0 Å². The van der Waals surface area contributed by atoms with Gasteiger partial charge in [0.2, 0.25) is 0 Å². The lowest BCUT2D eigenvalue weighted by Gasteiger charge is -2.20. The number of nitrogens with one attached hydrogen (secondary N) is 2. The summed E-state index contributed by atoms with van der Waals surface area (Å²) in [7, 11) is 0. The van der Waals surface area contributed by atoms with E-state index in [0.29, 0.717) is 6.54 Å². The van der Waals surface area contributed by atoms with Crippen molar-refractivity contribution in [2.75, 3.05) is 19.6 Å². The number of hydrogen-bond acceptors (Lipinski definition) is 3. The van der Waals surface area contributed by atoms with Crippen molar-refractivity contribution in [1.82, 2.24) is 10.6 Å². The minimum absolute atomic E-state index is 0. The van der Waals surface area contributed by atoms with Gasteiger partial charge in [-0.2, -0.15) is 0 Å². The Hall–Kier alpha value is -0.340. The highest BCUT2D eigenvalue weighted by Gasteiger charge is 2.24. The number of halogens is 1. The first-order valence-corrected chi connectivity index (χ1v) is 7.78. The van der Waals surface area contributed by atoms with Gasteiger partial charge in [0.25, 0.3) is 0 Å². The Labute approximate surface area is 142 Å². The predicted octanol–water partition coefficient (Wildman–Crippen LogP) is 2.54. The van der Waals surface area contributed by atoms with Crippen LogP contribution in [-0.2, 0) is 5.60 Å². The minimum atomic E-state index is -0.893. The molecular weight excluding hydrogens is 385 g/mol. The second-order valence-corrected chi connectivity index (χ2v) is 6.22. The highest BCUT2D eigenvalue weighted by atomic mass is 127. The molecule has 1 aromatic rings. The van der Waals surface area contributed by atoms with Gasteiger partial charge in [-0.3, -0.25) is 0 Å². The highest BCUT2D eigenvalue weighted by molar-refractivity contribution is 14.0. The van der Waals surface area contributed by atoms with Crippen molar-refractivity contribution >= 4 is 41.3 Å². The van der Waals surface area contributed by atoms with Gasteiger partial charge < -0.3 is 15.7 Å². The van der Waals surface area contributed by atoms with Crippen molar-refractivity contribution in [2.45, 2.75) is 32.3 Å². The molecule has 20 heavy (non-hydrogen) atoms. The Kier molecular flexibility index (Phi) is 7.25. The van der Waals surface area contributed by atoms with Crippen LogP contribution in [0.5, 0.6) is 0 Å². The molecule has 1 aliphatic rings. The Bertz CT molecular complexity index is 416. The molecule has 0 radical (unpaired) electrons. The zero-order valence-corrected chi connectivity index (χ0v) is 15.2. The third-order valence-electron chi connectivity index (χ3n) is 3.20. The van der Waals surface area contributed by atoms with E-state index >= 15 is 0 Å². The average molecular weight is 409 g/mol. The van der Waals surface area contributed by atoms with Gasteiger partial charge in [-0.05, 0) is 44.1 Å². The summed E-state index contributed by atoms with van der Waals surface area (Å²) in [6, 6.07) is 3.90. The normalized spacial score (nSPS) is 18.1. The smallest absolute Gasteiger partial charge is 0.191 e. The summed E-state index contributed by atoms with van der Waals surface area (Å²) < 4.78 is 0. The number of rotatable bonds is 6. The van der Waals surface area contributed by atoms with Crippen LogP contribution in [0.15, 0.2) is 22.5 Å². The molecule has 3 N–H and O–H groups in total. The molecule has 0 aliphatic heterocycles. The van der Waals surface area contributed by atoms with Crippen LogP contribution >= 0.6 is 35.3 Å². The molecule has 0 amide bonds. The van der Waals surface area contributed by atoms with E-state index in [9.17, 15) is 5.11 Å². The van der Waals surface area contributed by atoms with Crippen molar-refractivity contribution < 1.29 is 5.11 Å². The van der Waals surface area contributed by atoms with Crippen molar-refractivity contribution in [3.8, 4) is 0 Å². The van der Waals surface area contributed by atoms with Gasteiger partial charge in [-0.25, -0.2) is 4.99 Å². The number of thiophene rings is 1. The van der Waals surface area contributed by atoms with Gasteiger partial charge in [0.15, 0.2) is 5.96 Å². The molecule has 114 valence electrons. The van der Waals surface area contributed by atoms with Crippen LogP contribution in [0.2, 0.25) is 0 Å². The van der Waals surface area contributed by atoms with Gasteiger partial charge in [-0.15, -0.1) is 35.3 Å². The van der Waals surface area contributed by atoms with Crippen LogP contribution in [0, 0.1) is 5.92 Å². The molecule has 0 bridgehead atoms. The summed E-state index contributed by atoms with van der Waals surface area (Å²) in [5, 5.41) is 19.0. The Balaban J connectivity index is 0.00000200. The molecule has 1 heterocycles. The lowest BCUT2D eigenvalue weighted by Crippen LogP contribution is -2.39. The van der Waals surface area contributed by atoms with E-state index in [-0.39, 0.29) is 24.0 Å². The molecule has 1 aromatic heterocycles. The fourth-order valence-electron chi connectivity index (χ4n) is 1.80. The van der Waals surface area contributed by atoms with Gasteiger partial charge in [0.05, 0.1) is 6.54 Å². The summed E-state index contributed by atoms with van der Waals surface area (Å²) in [5.74, 6) is 1.60. The van der Waals surface area contributed by atoms with Gasteiger partial charge in [-0.1, -0.05) is 6.07 Å². The molecule has 1 unspecified atom stereocenters. The number of nitrogens with zero attached hydrogens (tertiary/aromatic N) is 1. The first-order valence-electron chi connectivity index (χ1n) is 6.90. The molecule has 1 fully saturated rings. The average Bonchev–Trinajstić information content (AvgIpc) is 3.03. The van der Waals surface area contributed by atoms with Crippen LogP contribution < -0.4 is 10.6 Å². The molecule has 0 aromatic carbocycles. The number of aliphatic hydroxyl groups is 1. The van der Waals surface area contributed by atoms with Crippen LogP contribution in [-0.4, -0.2) is 30.7 Å². The van der Waals surface area contributed by atoms with Gasteiger partial charge in [0.1, 0.15) is 5.60 Å². The van der Waals surface area contributed by atoms with E-state index in [1.165, 1.54) is 12.8 Å². The molecule has 4 nitrogen and oxygen atoms in total. The van der Waals surface area contributed by atoms with E-state index in [1.54, 1.807) is 11.3 Å². The second kappa shape index (κ2) is 8.19. The maximum Gasteiger partial charge on any atom is 0.191 e. The molecule has 0 spiro atoms. The predicted molar refractivity (Wildman–Crippen MR) is 96.0 cm³/mol. The largest absolute Gasteiger partial charge is 0.383 e. The standard InChI is InChI=1S/C14H23N3OS.HI/c1-3-15-13(16-9-11-6-7-11)17-10-14(2,18)12-5-4-8-19-12;/h4-5,8,11,18H,3,6-7,9-10H2,1-2H3,(H2,15,16,17);1H. The third-order valence-corrected chi connectivity index (χ3v) is 4.32. The quantitative estimate of drug-likeness (QED) is 0.385. The lowest BCUT2D eigenvalue weighted by molar-refractivity contribution is 0.0711. The third kappa shape index (κ3) is 5.57. The van der Waals surface area contributed by atoms with Crippen molar-refractivity contribution in [3.05, 3.63) is 22.4 Å². The minimum Gasteiger partial charge on any atom is -0.383 e. The van der Waals surface area contributed by atoms with Crippen molar-refractivity contribution in [3.63, 3.8) is 0 Å².